The zero-order chi connectivity index (χ0) is 11.4. The zero-order valence-corrected chi connectivity index (χ0v) is 9.50. The maximum Gasteiger partial charge on any atom is 0.0951 e. The number of rotatable bonds is 4. The molecule has 1 aromatic heterocycles. The van der Waals surface area contributed by atoms with Gasteiger partial charge in [-0.05, 0) is 24.1 Å². The maximum atomic E-state index is 5.82. The molecule has 3 nitrogen and oxygen atoms in total. The Morgan fingerprint density at radius 3 is 2.94 bits per heavy atom. The first kappa shape index (κ1) is 10.7. The van der Waals surface area contributed by atoms with Gasteiger partial charge in [0.25, 0.3) is 0 Å². The van der Waals surface area contributed by atoms with Crippen molar-refractivity contribution in [3.8, 4) is 0 Å². The van der Waals surface area contributed by atoms with Crippen LogP contribution >= 0.6 is 0 Å². The molecule has 84 valence electrons. The SMILES string of the molecule is CCCC(c1cccc(N)c1)n1ccnc1. The predicted molar refractivity (Wildman–Crippen MR) is 66.1 cm³/mol. The summed E-state index contributed by atoms with van der Waals surface area (Å²) in [4.78, 5) is 4.10. The van der Waals surface area contributed by atoms with Gasteiger partial charge in [0, 0.05) is 18.1 Å². The molecule has 0 spiro atoms. The highest BCUT2D eigenvalue weighted by molar-refractivity contribution is 5.41. The average molecular weight is 215 g/mol. The lowest BCUT2D eigenvalue weighted by atomic mass is 10.0. The van der Waals surface area contributed by atoms with Crippen molar-refractivity contribution in [2.45, 2.75) is 25.8 Å². The minimum atomic E-state index is 0.344. The van der Waals surface area contributed by atoms with Crippen LogP contribution in [0.2, 0.25) is 0 Å². The molecular formula is C13H17N3. The molecule has 0 aliphatic rings. The van der Waals surface area contributed by atoms with Gasteiger partial charge < -0.3 is 10.3 Å². The average Bonchev–Trinajstić information content (AvgIpc) is 2.79. The summed E-state index contributed by atoms with van der Waals surface area (Å²) in [5.74, 6) is 0. The van der Waals surface area contributed by atoms with Gasteiger partial charge in [-0.15, -0.1) is 0 Å². The summed E-state index contributed by atoms with van der Waals surface area (Å²) in [7, 11) is 0. The normalized spacial score (nSPS) is 12.6. The second-order valence-electron chi connectivity index (χ2n) is 3.98. The van der Waals surface area contributed by atoms with Crippen molar-refractivity contribution >= 4 is 5.69 Å². The van der Waals surface area contributed by atoms with E-state index in [4.69, 9.17) is 5.73 Å². The van der Waals surface area contributed by atoms with Crippen LogP contribution in [0.3, 0.4) is 0 Å². The van der Waals surface area contributed by atoms with E-state index in [1.807, 2.05) is 36.9 Å². The number of aromatic nitrogens is 2. The van der Waals surface area contributed by atoms with Crippen LogP contribution in [0, 0.1) is 0 Å². The Hall–Kier alpha value is -1.77. The van der Waals surface area contributed by atoms with Crippen LogP contribution in [0.15, 0.2) is 43.0 Å². The molecule has 2 N–H and O–H groups in total. The van der Waals surface area contributed by atoms with E-state index in [0.717, 1.165) is 18.5 Å². The van der Waals surface area contributed by atoms with Crippen molar-refractivity contribution in [1.29, 1.82) is 0 Å². The van der Waals surface area contributed by atoms with Gasteiger partial charge in [-0.3, -0.25) is 0 Å². The summed E-state index contributed by atoms with van der Waals surface area (Å²) in [6, 6.07) is 8.43. The Morgan fingerprint density at radius 1 is 1.44 bits per heavy atom. The van der Waals surface area contributed by atoms with Crippen LogP contribution in [-0.4, -0.2) is 9.55 Å². The van der Waals surface area contributed by atoms with Gasteiger partial charge in [-0.1, -0.05) is 25.5 Å². The molecule has 0 radical (unpaired) electrons. The second kappa shape index (κ2) is 4.84. The van der Waals surface area contributed by atoms with E-state index in [0.29, 0.717) is 6.04 Å². The molecule has 1 heterocycles. The minimum absolute atomic E-state index is 0.344. The van der Waals surface area contributed by atoms with Crippen molar-refractivity contribution in [2.75, 3.05) is 5.73 Å². The maximum absolute atomic E-state index is 5.82. The van der Waals surface area contributed by atoms with Gasteiger partial charge in [-0.2, -0.15) is 0 Å². The fraction of sp³-hybridized carbons (Fsp3) is 0.308. The Bertz CT molecular complexity index is 434. The fourth-order valence-corrected chi connectivity index (χ4v) is 1.98. The molecule has 2 aromatic rings. The first-order chi connectivity index (χ1) is 7.81. The molecule has 0 bridgehead atoms. The molecule has 0 amide bonds. The lowest BCUT2D eigenvalue weighted by Crippen LogP contribution is -2.08. The molecule has 3 heteroatoms. The zero-order valence-electron chi connectivity index (χ0n) is 9.50. The summed E-state index contributed by atoms with van der Waals surface area (Å²) in [5, 5.41) is 0. The van der Waals surface area contributed by atoms with E-state index < -0.39 is 0 Å². The summed E-state index contributed by atoms with van der Waals surface area (Å²) in [6.45, 7) is 2.19. The molecule has 1 aromatic carbocycles. The summed E-state index contributed by atoms with van der Waals surface area (Å²) in [5.41, 5.74) is 7.89. The van der Waals surface area contributed by atoms with E-state index in [2.05, 4.69) is 22.5 Å². The van der Waals surface area contributed by atoms with Crippen molar-refractivity contribution in [2.24, 2.45) is 0 Å². The third-order valence-corrected chi connectivity index (χ3v) is 2.74. The largest absolute Gasteiger partial charge is 0.399 e. The number of nitrogens with two attached hydrogens (primary N) is 1. The van der Waals surface area contributed by atoms with Crippen LogP contribution in [-0.2, 0) is 0 Å². The fourth-order valence-electron chi connectivity index (χ4n) is 1.98. The Kier molecular flexibility index (Phi) is 3.25. The number of nitrogen functional groups attached to an aromatic ring is 1. The number of hydrogen-bond acceptors (Lipinski definition) is 2. The summed E-state index contributed by atoms with van der Waals surface area (Å²) in [6.07, 6.45) is 7.92. The molecule has 0 aliphatic carbocycles. The van der Waals surface area contributed by atoms with Crippen molar-refractivity contribution in [3.63, 3.8) is 0 Å². The van der Waals surface area contributed by atoms with Gasteiger partial charge >= 0.3 is 0 Å². The highest BCUT2D eigenvalue weighted by Gasteiger charge is 2.11. The van der Waals surface area contributed by atoms with E-state index in [1.165, 1.54) is 5.56 Å². The molecule has 16 heavy (non-hydrogen) atoms. The van der Waals surface area contributed by atoms with Crippen molar-refractivity contribution in [1.82, 2.24) is 9.55 Å². The van der Waals surface area contributed by atoms with E-state index in [-0.39, 0.29) is 0 Å². The smallest absolute Gasteiger partial charge is 0.0951 e. The standard InChI is InChI=1S/C13H17N3/c1-2-4-13(16-8-7-15-10-16)11-5-3-6-12(14)9-11/h3,5-10,13H,2,4,14H2,1H3. The van der Waals surface area contributed by atoms with Crippen LogP contribution in [0.5, 0.6) is 0 Å². The van der Waals surface area contributed by atoms with Crippen LogP contribution in [0.1, 0.15) is 31.4 Å². The van der Waals surface area contributed by atoms with Gasteiger partial charge in [0.1, 0.15) is 0 Å². The van der Waals surface area contributed by atoms with Crippen molar-refractivity contribution < 1.29 is 0 Å². The highest BCUT2D eigenvalue weighted by Crippen LogP contribution is 2.24. The predicted octanol–water partition coefficient (Wildman–Crippen LogP) is 2.85. The van der Waals surface area contributed by atoms with Gasteiger partial charge in [0.05, 0.1) is 12.4 Å². The lowest BCUT2D eigenvalue weighted by molar-refractivity contribution is 0.533. The molecule has 0 saturated carbocycles. The molecule has 2 rings (SSSR count). The number of anilines is 1. The molecule has 0 saturated heterocycles. The van der Waals surface area contributed by atoms with Gasteiger partial charge in [0.15, 0.2) is 0 Å². The molecule has 1 atom stereocenters. The third kappa shape index (κ3) is 2.24. The van der Waals surface area contributed by atoms with Gasteiger partial charge in [0.2, 0.25) is 0 Å². The molecular weight excluding hydrogens is 198 g/mol. The van der Waals surface area contributed by atoms with Gasteiger partial charge in [-0.25, -0.2) is 4.98 Å². The minimum Gasteiger partial charge on any atom is -0.399 e. The molecule has 1 unspecified atom stereocenters. The van der Waals surface area contributed by atoms with Crippen LogP contribution in [0.4, 0.5) is 5.69 Å². The van der Waals surface area contributed by atoms with Crippen LogP contribution < -0.4 is 5.73 Å². The van der Waals surface area contributed by atoms with E-state index >= 15 is 0 Å². The number of hydrogen-bond donors (Lipinski definition) is 1. The van der Waals surface area contributed by atoms with E-state index in [1.54, 1.807) is 0 Å². The van der Waals surface area contributed by atoms with Crippen molar-refractivity contribution in [3.05, 3.63) is 48.5 Å². The number of benzene rings is 1. The molecule has 0 fully saturated rings. The monoisotopic (exact) mass is 215 g/mol. The number of nitrogens with zero attached hydrogens (tertiary/aromatic N) is 2. The second-order valence-corrected chi connectivity index (χ2v) is 3.98. The first-order valence-electron chi connectivity index (χ1n) is 5.64. The summed E-state index contributed by atoms with van der Waals surface area (Å²) < 4.78 is 2.14. The van der Waals surface area contributed by atoms with E-state index in [9.17, 15) is 0 Å². The topological polar surface area (TPSA) is 43.8 Å². The quantitative estimate of drug-likeness (QED) is 0.797. The highest BCUT2D eigenvalue weighted by atomic mass is 15.0. The Morgan fingerprint density at radius 2 is 2.31 bits per heavy atom. The third-order valence-electron chi connectivity index (χ3n) is 2.74. The lowest BCUT2D eigenvalue weighted by Gasteiger charge is -2.18. The Balaban J connectivity index is 2.33. The first-order valence-corrected chi connectivity index (χ1v) is 5.64. The number of imidazole rings is 1. The Labute approximate surface area is 95.9 Å². The molecule has 0 aliphatic heterocycles. The van der Waals surface area contributed by atoms with Crippen LogP contribution in [0.25, 0.3) is 0 Å². The summed E-state index contributed by atoms with van der Waals surface area (Å²) >= 11 is 0.